The maximum absolute atomic E-state index is 5.62. The zero-order valence-corrected chi connectivity index (χ0v) is 10.3. The van der Waals surface area contributed by atoms with Gasteiger partial charge in [0.05, 0.1) is 0 Å². The molecule has 88 valence electrons. The Morgan fingerprint density at radius 2 is 2.12 bits per heavy atom. The lowest BCUT2D eigenvalue weighted by Crippen LogP contribution is -2.05. The highest BCUT2D eigenvalue weighted by Crippen LogP contribution is 2.10. The molecule has 6 heteroatoms. The van der Waals surface area contributed by atoms with Crippen LogP contribution in [0.25, 0.3) is 0 Å². The monoisotopic (exact) mass is 247 g/mol. The van der Waals surface area contributed by atoms with Crippen LogP contribution in [0.4, 0.5) is 5.95 Å². The molecule has 2 rings (SSSR count). The van der Waals surface area contributed by atoms with E-state index in [0.29, 0.717) is 5.16 Å². The first-order valence-corrected chi connectivity index (χ1v) is 6.43. The average Bonchev–Trinajstić information content (AvgIpc) is 2.37. The van der Waals surface area contributed by atoms with Crippen molar-refractivity contribution in [3.8, 4) is 0 Å². The van der Waals surface area contributed by atoms with Gasteiger partial charge in [-0.2, -0.15) is 9.97 Å². The van der Waals surface area contributed by atoms with Gasteiger partial charge in [0.25, 0.3) is 0 Å². The third kappa shape index (κ3) is 3.39. The molecule has 0 aliphatic carbocycles. The van der Waals surface area contributed by atoms with Crippen LogP contribution in [0.3, 0.4) is 0 Å². The summed E-state index contributed by atoms with van der Waals surface area (Å²) in [6.45, 7) is 0. The van der Waals surface area contributed by atoms with Crippen molar-refractivity contribution in [1.82, 2.24) is 19.9 Å². The lowest BCUT2D eigenvalue weighted by Gasteiger charge is -2.03. The highest BCUT2D eigenvalue weighted by Gasteiger charge is 2.04. The Morgan fingerprint density at radius 1 is 1.24 bits per heavy atom. The van der Waals surface area contributed by atoms with Gasteiger partial charge in [-0.3, -0.25) is 4.98 Å². The highest BCUT2D eigenvalue weighted by molar-refractivity contribution is 7.98. The second kappa shape index (κ2) is 5.58. The van der Waals surface area contributed by atoms with Crippen LogP contribution in [0, 0.1) is 0 Å². The van der Waals surface area contributed by atoms with Gasteiger partial charge in [-0.05, 0) is 24.3 Å². The van der Waals surface area contributed by atoms with Crippen LogP contribution in [0.5, 0.6) is 0 Å². The lowest BCUT2D eigenvalue weighted by atomic mass is 10.1. The molecule has 2 aromatic rings. The van der Waals surface area contributed by atoms with Crippen molar-refractivity contribution < 1.29 is 0 Å². The standard InChI is InChI=1S/C11H13N5S/c1-17-11-15-9(14-10(12)16-11)5-4-8-3-2-6-13-7-8/h2-3,6-7H,4-5H2,1H3,(H2,12,14,15,16). The molecule has 0 spiro atoms. The van der Waals surface area contributed by atoms with Crippen molar-refractivity contribution in [2.24, 2.45) is 0 Å². The number of rotatable bonds is 4. The molecule has 2 heterocycles. The summed E-state index contributed by atoms with van der Waals surface area (Å²) in [6.07, 6.45) is 7.12. The molecule has 0 aromatic carbocycles. The van der Waals surface area contributed by atoms with Crippen LogP contribution in [-0.2, 0) is 12.8 Å². The minimum absolute atomic E-state index is 0.283. The minimum Gasteiger partial charge on any atom is -0.368 e. The lowest BCUT2D eigenvalue weighted by molar-refractivity contribution is 0.788. The molecule has 17 heavy (non-hydrogen) atoms. The van der Waals surface area contributed by atoms with Gasteiger partial charge in [0.1, 0.15) is 5.82 Å². The molecule has 0 bridgehead atoms. The van der Waals surface area contributed by atoms with E-state index in [9.17, 15) is 0 Å². The van der Waals surface area contributed by atoms with Crippen LogP contribution in [0.2, 0.25) is 0 Å². The molecule has 0 saturated carbocycles. The average molecular weight is 247 g/mol. The number of aryl methyl sites for hydroxylation is 2. The van der Waals surface area contributed by atoms with Gasteiger partial charge in [-0.1, -0.05) is 17.8 Å². The number of nitrogens with zero attached hydrogens (tertiary/aromatic N) is 4. The van der Waals surface area contributed by atoms with E-state index in [1.165, 1.54) is 11.8 Å². The fraction of sp³-hybridized carbons (Fsp3) is 0.273. The second-order valence-corrected chi connectivity index (χ2v) is 4.23. The fourth-order valence-corrected chi connectivity index (χ4v) is 1.80. The van der Waals surface area contributed by atoms with Crippen LogP contribution in [-0.4, -0.2) is 26.2 Å². The van der Waals surface area contributed by atoms with Crippen molar-refractivity contribution in [2.75, 3.05) is 12.0 Å². The first kappa shape index (κ1) is 11.8. The quantitative estimate of drug-likeness (QED) is 0.822. The van der Waals surface area contributed by atoms with Crippen LogP contribution >= 0.6 is 11.8 Å². The summed E-state index contributed by atoms with van der Waals surface area (Å²) >= 11 is 1.46. The van der Waals surface area contributed by atoms with Gasteiger partial charge in [0, 0.05) is 18.8 Å². The molecule has 0 aliphatic rings. The van der Waals surface area contributed by atoms with Gasteiger partial charge < -0.3 is 5.73 Å². The maximum Gasteiger partial charge on any atom is 0.224 e. The smallest absolute Gasteiger partial charge is 0.224 e. The summed E-state index contributed by atoms with van der Waals surface area (Å²) in [5.74, 6) is 1.01. The van der Waals surface area contributed by atoms with Crippen LogP contribution in [0.1, 0.15) is 11.4 Å². The molecule has 0 radical (unpaired) electrons. The Labute approximate surface area is 104 Å². The Hall–Kier alpha value is -1.69. The van der Waals surface area contributed by atoms with E-state index in [0.717, 1.165) is 24.2 Å². The first-order valence-electron chi connectivity index (χ1n) is 5.21. The highest BCUT2D eigenvalue weighted by atomic mass is 32.2. The second-order valence-electron chi connectivity index (χ2n) is 3.46. The van der Waals surface area contributed by atoms with Gasteiger partial charge in [-0.15, -0.1) is 0 Å². The molecular weight excluding hydrogens is 234 g/mol. The number of nitrogens with two attached hydrogens (primary N) is 1. The summed E-state index contributed by atoms with van der Waals surface area (Å²) in [4.78, 5) is 16.5. The van der Waals surface area contributed by atoms with E-state index in [4.69, 9.17) is 5.73 Å². The summed E-state index contributed by atoms with van der Waals surface area (Å²) < 4.78 is 0. The molecule has 5 nitrogen and oxygen atoms in total. The summed E-state index contributed by atoms with van der Waals surface area (Å²) in [5.41, 5.74) is 6.78. The Morgan fingerprint density at radius 3 is 2.82 bits per heavy atom. The maximum atomic E-state index is 5.62. The number of thioether (sulfide) groups is 1. The zero-order chi connectivity index (χ0) is 12.1. The molecule has 2 N–H and O–H groups in total. The van der Waals surface area contributed by atoms with E-state index in [-0.39, 0.29) is 5.95 Å². The molecule has 2 aromatic heterocycles. The van der Waals surface area contributed by atoms with E-state index in [1.807, 2.05) is 24.6 Å². The SMILES string of the molecule is CSc1nc(N)nc(CCc2cccnc2)n1. The molecule has 0 saturated heterocycles. The summed E-state index contributed by atoms with van der Waals surface area (Å²) in [5, 5.41) is 0.665. The van der Waals surface area contributed by atoms with E-state index < -0.39 is 0 Å². The van der Waals surface area contributed by atoms with E-state index >= 15 is 0 Å². The van der Waals surface area contributed by atoms with Gasteiger partial charge in [0.2, 0.25) is 5.95 Å². The number of aromatic nitrogens is 4. The van der Waals surface area contributed by atoms with Crippen molar-refractivity contribution in [1.29, 1.82) is 0 Å². The van der Waals surface area contributed by atoms with Gasteiger partial charge >= 0.3 is 0 Å². The predicted molar refractivity (Wildman–Crippen MR) is 67.7 cm³/mol. The fourth-order valence-electron chi connectivity index (χ4n) is 1.42. The Kier molecular flexibility index (Phi) is 3.87. The van der Waals surface area contributed by atoms with Crippen LogP contribution in [0.15, 0.2) is 29.7 Å². The van der Waals surface area contributed by atoms with Crippen molar-refractivity contribution >= 4 is 17.7 Å². The summed E-state index contributed by atoms with van der Waals surface area (Å²) in [7, 11) is 0. The Bertz CT molecular complexity index is 488. The molecule has 0 unspecified atom stereocenters. The van der Waals surface area contributed by atoms with Crippen LogP contribution < -0.4 is 5.73 Å². The topological polar surface area (TPSA) is 77.6 Å². The number of hydrogen-bond donors (Lipinski definition) is 1. The van der Waals surface area contributed by atoms with Gasteiger partial charge in [-0.25, -0.2) is 4.98 Å². The molecule has 0 atom stereocenters. The predicted octanol–water partition coefficient (Wildman–Crippen LogP) is 1.36. The van der Waals surface area contributed by atoms with Crippen molar-refractivity contribution in [3.05, 3.63) is 35.9 Å². The van der Waals surface area contributed by atoms with E-state index in [2.05, 4.69) is 19.9 Å². The third-order valence-corrected chi connectivity index (χ3v) is 2.77. The zero-order valence-electron chi connectivity index (χ0n) is 9.50. The van der Waals surface area contributed by atoms with E-state index in [1.54, 1.807) is 6.20 Å². The minimum atomic E-state index is 0.283. The number of hydrogen-bond acceptors (Lipinski definition) is 6. The molecular formula is C11H13N5S. The Balaban J connectivity index is 2.06. The van der Waals surface area contributed by atoms with Gasteiger partial charge in [0.15, 0.2) is 5.16 Å². The van der Waals surface area contributed by atoms with Crippen molar-refractivity contribution in [2.45, 2.75) is 18.0 Å². The first-order chi connectivity index (χ1) is 8.28. The molecule has 0 amide bonds. The third-order valence-electron chi connectivity index (χ3n) is 2.22. The number of nitrogen functional groups attached to an aromatic ring is 1. The largest absolute Gasteiger partial charge is 0.368 e. The molecule has 0 aliphatic heterocycles. The number of anilines is 1. The normalized spacial score (nSPS) is 10.4. The van der Waals surface area contributed by atoms with Crippen molar-refractivity contribution in [3.63, 3.8) is 0 Å². The summed E-state index contributed by atoms with van der Waals surface area (Å²) in [6, 6.07) is 3.96. The number of pyridine rings is 1. The molecule has 0 fully saturated rings.